The van der Waals surface area contributed by atoms with E-state index in [1.165, 1.54) is 4.88 Å². The second kappa shape index (κ2) is 6.14. The summed E-state index contributed by atoms with van der Waals surface area (Å²) >= 11 is 1.80. The van der Waals surface area contributed by atoms with Crippen LogP contribution in [-0.4, -0.2) is 9.97 Å². The third-order valence-electron chi connectivity index (χ3n) is 3.53. The quantitative estimate of drug-likeness (QED) is 0.699. The van der Waals surface area contributed by atoms with Gasteiger partial charge in [0.05, 0.1) is 24.3 Å². The van der Waals surface area contributed by atoms with Crippen LogP contribution in [0.3, 0.4) is 0 Å². The molecule has 0 radical (unpaired) electrons. The topological polar surface area (TPSA) is 40.7 Å². The molecule has 1 aromatic carbocycles. The lowest BCUT2D eigenvalue weighted by Crippen LogP contribution is -2.15. The maximum absolute atomic E-state index is 4.06. The molecule has 0 saturated carbocycles. The summed E-state index contributed by atoms with van der Waals surface area (Å²) in [5, 5.41) is 5.77. The highest BCUT2D eigenvalue weighted by Crippen LogP contribution is 2.30. The standard InChI is InChI=1S/C17H19N3S/c1-12(2)17(16-4-3-9-21-16)20-14-7-5-13(6-8-14)15-10-18-11-19-15/h3-12,17,20H,1-2H3,(H,18,19). The lowest BCUT2D eigenvalue weighted by atomic mass is 10.0. The van der Waals surface area contributed by atoms with Gasteiger partial charge in [0.25, 0.3) is 0 Å². The highest BCUT2D eigenvalue weighted by atomic mass is 32.1. The Morgan fingerprint density at radius 3 is 2.52 bits per heavy atom. The molecule has 3 nitrogen and oxygen atoms in total. The van der Waals surface area contributed by atoms with Crippen LogP contribution in [0.15, 0.2) is 54.3 Å². The van der Waals surface area contributed by atoms with E-state index in [1.807, 2.05) is 6.20 Å². The normalized spacial score (nSPS) is 12.5. The van der Waals surface area contributed by atoms with Gasteiger partial charge in [-0.25, -0.2) is 4.98 Å². The molecule has 2 heterocycles. The van der Waals surface area contributed by atoms with Crippen molar-refractivity contribution in [1.29, 1.82) is 0 Å². The van der Waals surface area contributed by atoms with Gasteiger partial charge in [0.1, 0.15) is 0 Å². The number of aromatic nitrogens is 2. The summed E-state index contributed by atoms with van der Waals surface area (Å²) in [6, 6.07) is 13.1. The Hall–Kier alpha value is -2.07. The van der Waals surface area contributed by atoms with E-state index in [0.717, 1.165) is 16.9 Å². The first kappa shape index (κ1) is 13.9. The van der Waals surface area contributed by atoms with Crippen LogP contribution in [0.25, 0.3) is 11.3 Å². The monoisotopic (exact) mass is 297 g/mol. The first-order chi connectivity index (χ1) is 10.2. The van der Waals surface area contributed by atoms with E-state index < -0.39 is 0 Å². The maximum Gasteiger partial charge on any atom is 0.0924 e. The highest BCUT2D eigenvalue weighted by molar-refractivity contribution is 7.10. The number of nitrogens with zero attached hydrogens (tertiary/aromatic N) is 1. The van der Waals surface area contributed by atoms with Crippen molar-refractivity contribution >= 4 is 17.0 Å². The number of hydrogen-bond donors (Lipinski definition) is 2. The zero-order chi connectivity index (χ0) is 14.7. The van der Waals surface area contributed by atoms with Gasteiger partial charge in [-0.1, -0.05) is 32.0 Å². The molecule has 0 saturated heterocycles. The van der Waals surface area contributed by atoms with Crippen LogP contribution in [0.1, 0.15) is 24.8 Å². The Labute approximate surface area is 129 Å². The van der Waals surface area contributed by atoms with Crippen LogP contribution in [0.2, 0.25) is 0 Å². The van der Waals surface area contributed by atoms with E-state index >= 15 is 0 Å². The highest BCUT2D eigenvalue weighted by Gasteiger charge is 2.16. The number of imidazole rings is 1. The summed E-state index contributed by atoms with van der Waals surface area (Å²) in [5.41, 5.74) is 3.33. The molecule has 0 amide bonds. The minimum atomic E-state index is 0.350. The molecule has 0 aliphatic heterocycles. The van der Waals surface area contributed by atoms with Crippen LogP contribution in [0.4, 0.5) is 5.69 Å². The van der Waals surface area contributed by atoms with Crippen molar-refractivity contribution in [3.63, 3.8) is 0 Å². The summed E-state index contributed by atoms with van der Waals surface area (Å²) in [6.45, 7) is 4.49. The number of benzene rings is 1. The van der Waals surface area contributed by atoms with Crippen molar-refractivity contribution in [2.75, 3.05) is 5.32 Å². The van der Waals surface area contributed by atoms with Crippen LogP contribution in [0, 0.1) is 5.92 Å². The Morgan fingerprint density at radius 1 is 1.14 bits per heavy atom. The minimum Gasteiger partial charge on any atom is -0.377 e. The molecule has 4 heteroatoms. The summed E-state index contributed by atoms with van der Waals surface area (Å²) in [4.78, 5) is 8.56. The third-order valence-corrected chi connectivity index (χ3v) is 4.49. The lowest BCUT2D eigenvalue weighted by molar-refractivity contribution is 0.554. The molecule has 0 aliphatic rings. The molecule has 1 atom stereocenters. The predicted molar refractivity (Wildman–Crippen MR) is 89.5 cm³/mol. The zero-order valence-electron chi connectivity index (χ0n) is 12.2. The SMILES string of the molecule is CC(C)C(Nc1ccc(-c2cnc[nH]2)cc1)c1cccs1. The molecule has 0 aliphatic carbocycles. The number of H-pyrrole nitrogens is 1. The minimum absolute atomic E-state index is 0.350. The number of thiophene rings is 1. The first-order valence-electron chi connectivity index (χ1n) is 7.13. The van der Waals surface area contributed by atoms with Crippen molar-refractivity contribution in [2.45, 2.75) is 19.9 Å². The molecular weight excluding hydrogens is 278 g/mol. The Morgan fingerprint density at radius 2 is 1.95 bits per heavy atom. The molecule has 1 unspecified atom stereocenters. The molecule has 3 rings (SSSR count). The Bertz CT molecular complexity index is 655. The van der Waals surface area contributed by atoms with Gasteiger partial charge in [0.2, 0.25) is 0 Å². The van der Waals surface area contributed by atoms with Crippen molar-refractivity contribution in [1.82, 2.24) is 9.97 Å². The van der Waals surface area contributed by atoms with Gasteiger partial charge in [-0.3, -0.25) is 0 Å². The average Bonchev–Trinajstić information content (AvgIpc) is 3.18. The Balaban J connectivity index is 1.78. The number of hydrogen-bond acceptors (Lipinski definition) is 3. The van der Waals surface area contributed by atoms with Gasteiger partial charge < -0.3 is 10.3 Å². The third kappa shape index (κ3) is 3.16. The van der Waals surface area contributed by atoms with Gasteiger partial charge >= 0.3 is 0 Å². The number of anilines is 1. The molecular formula is C17H19N3S. The summed E-state index contributed by atoms with van der Waals surface area (Å²) in [5.74, 6) is 0.538. The maximum atomic E-state index is 4.06. The van der Waals surface area contributed by atoms with E-state index in [9.17, 15) is 0 Å². The van der Waals surface area contributed by atoms with E-state index in [1.54, 1.807) is 17.7 Å². The van der Waals surface area contributed by atoms with Gasteiger partial charge in [-0.05, 0) is 35.1 Å². The second-order valence-corrected chi connectivity index (χ2v) is 6.40. The molecule has 2 N–H and O–H groups in total. The fourth-order valence-corrected chi connectivity index (χ4v) is 3.32. The van der Waals surface area contributed by atoms with Gasteiger partial charge in [-0.2, -0.15) is 0 Å². The number of aromatic amines is 1. The van der Waals surface area contributed by atoms with Gasteiger partial charge in [0, 0.05) is 10.6 Å². The molecule has 3 aromatic rings. The molecule has 2 aromatic heterocycles. The fraction of sp³-hybridized carbons (Fsp3) is 0.235. The summed E-state index contributed by atoms with van der Waals surface area (Å²) in [6.07, 6.45) is 3.54. The lowest BCUT2D eigenvalue weighted by Gasteiger charge is -2.22. The van der Waals surface area contributed by atoms with Crippen LogP contribution in [-0.2, 0) is 0 Å². The van der Waals surface area contributed by atoms with Gasteiger partial charge in [0.15, 0.2) is 0 Å². The number of nitrogens with one attached hydrogen (secondary N) is 2. The van der Waals surface area contributed by atoms with Crippen LogP contribution < -0.4 is 5.32 Å². The van der Waals surface area contributed by atoms with Crippen molar-refractivity contribution in [2.24, 2.45) is 5.92 Å². The Kier molecular flexibility index (Phi) is 4.06. The van der Waals surface area contributed by atoms with Crippen LogP contribution in [0.5, 0.6) is 0 Å². The summed E-state index contributed by atoms with van der Waals surface area (Å²) in [7, 11) is 0. The zero-order valence-corrected chi connectivity index (χ0v) is 13.0. The van der Waals surface area contributed by atoms with E-state index in [4.69, 9.17) is 0 Å². The van der Waals surface area contributed by atoms with E-state index in [0.29, 0.717) is 12.0 Å². The smallest absolute Gasteiger partial charge is 0.0924 e. The summed E-state index contributed by atoms with van der Waals surface area (Å²) < 4.78 is 0. The predicted octanol–water partition coefficient (Wildman–Crippen LogP) is 4.95. The fourth-order valence-electron chi connectivity index (χ4n) is 2.37. The largest absolute Gasteiger partial charge is 0.377 e. The van der Waals surface area contributed by atoms with E-state index in [2.05, 4.69) is 70.9 Å². The number of rotatable bonds is 5. The molecule has 0 fully saturated rings. The van der Waals surface area contributed by atoms with Crippen molar-refractivity contribution in [3.05, 3.63) is 59.2 Å². The van der Waals surface area contributed by atoms with Gasteiger partial charge in [-0.15, -0.1) is 11.3 Å². The molecule has 0 bridgehead atoms. The average molecular weight is 297 g/mol. The first-order valence-corrected chi connectivity index (χ1v) is 8.01. The van der Waals surface area contributed by atoms with E-state index in [-0.39, 0.29) is 0 Å². The molecule has 21 heavy (non-hydrogen) atoms. The molecule has 0 spiro atoms. The van der Waals surface area contributed by atoms with Crippen LogP contribution >= 0.6 is 11.3 Å². The van der Waals surface area contributed by atoms with Crippen molar-refractivity contribution < 1.29 is 0 Å². The van der Waals surface area contributed by atoms with Crippen molar-refractivity contribution in [3.8, 4) is 11.3 Å². The molecule has 108 valence electrons. The second-order valence-electron chi connectivity index (χ2n) is 5.42.